The highest BCUT2D eigenvalue weighted by atomic mass is 16.5. The Labute approximate surface area is 65.9 Å². The van der Waals surface area contributed by atoms with Gasteiger partial charge in [0, 0.05) is 0 Å². The Kier molecular flexibility index (Phi) is 5.20. The summed E-state index contributed by atoms with van der Waals surface area (Å²) in [5.41, 5.74) is 0. The summed E-state index contributed by atoms with van der Waals surface area (Å²) in [7, 11) is 1.58. The minimum Gasteiger partial charge on any atom is -0.499 e. The number of ether oxygens (including phenoxy) is 1. The second kappa shape index (κ2) is 5.73. The lowest BCUT2D eigenvalue weighted by Gasteiger charge is -2.09. The van der Waals surface area contributed by atoms with Crippen molar-refractivity contribution in [2.75, 3.05) is 13.7 Å². The van der Waals surface area contributed by atoms with Gasteiger partial charge in [-0.25, -0.2) is 0 Å². The van der Waals surface area contributed by atoms with Gasteiger partial charge >= 0.3 is 5.97 Å². The van der Waals surface area contributed by atoms with Crippen molar-refractivity contribution in [2.45, 2.75) is 13.0 Å². The molecule has 4 nitrogen and oxygen atoms in total. The van der Waals surface area contributed by atoms with Gasteiger partial charge in [0.25, 0.3) is 0 Å². The lowest BCUT2D eigenvalue weighted by Crippen LogP contribution is -2.37. The van der Waals surface area contributed by atoms with Gasteiger partial charge in [-0.15, -0.1) is 0 Å². The number of allylic oxidation sites excluding steroid dienone is 1. The third-order valence-electron chi connectivity index (χ3n) is 1.14. The fourth-order valence-electron chi connectivity index (χ4n) is 0.526. The number of hydrogen-bond donors (Lipinski definition) is 2. The Balaban J connectivity index is 3.61. The zero-order chi connectivity index (χ0) is 8.69. The van der Waals surface area contributed by atoms with E-state index < -0.39 is 12.0 Å². The smallest absolute Gasteiger partial charge is 0.324 e. The average molecular weight is 159 g/mol. The van der Waals surface area contributed by atoms with E-state index in [2.05, 4.69) is 5.32 Å². The van der Waals surface area contributed by atoms with Gasteiger partial charge in [0.05, 0.1) is 6.26 Å². The largest absolute Gasteiger partial charge is 0.499 e. The average Bonchev–Trinajstić information content (AvgIpc) is 1.97. The molecule has 0 saturated carbocycles. The molecule has 0 aromatic carbocycles. The SMILES string of the molecule is C/C=C/OC[C@@H](NC)C(=O)O. The molecule has 11 heavy (non-hydrogen) atoms. The van der Waals surface area contributed by atoms with Crippen LogP contribution in [0.25, 0.3) is 0 Å². The summed E-state index contributed by atoms with van der Waals surface area (Å²) in [6, 6.07) is -0.633. The highest BCUT2D eigenvalue weighted by molar-refractivity contribution is 5.73. The van der Waals surface area contributed by atoms with Gasteiger partial charge in [-0.3, -0.25) is 4.79 Å². The highest BCUT2D eigenvalue weighted by Crippen LogP contribution is 1.86. The first kappa shape index (κ1) is 9.97. The Morgan fingerprint density at radius 1 is 1.82 bits per heavy atom. The van der Waals surface area contributed by atoms with E-state index in [9.17, 15) is 4.79 Å². The normalized spacial score (nSPS) is 13.3. The summed E-state index contributed by atoms with van der Waals surface area (Å²) >= 11 is 0. The number of aliphatic carboxylic acids is 1. The van der Waals surface area contributed by atoms with Gasteiger partial charge in [0.15, 0.2) is 0 Å². The fourth-order valence-corrected chi connectivity index (χ4v) is 0.526. The van der Waals surface area contributed by atoms with Crippen molar-refractivity contribution in [2.24, 2.45) is 0 Å². The summed E-state index contributed by atoms with van der Waals surface area (Å²) in [5.74, 6) is -0.906. The van der Waals surface area contributed by atoms with Gasteiger partial charge < -0.3 is 15.2 Å². The van der Waals surface area contributed by atoms with E-state index in [0.717, 1.165) is 0 Å². The maximum atomic E-state index is 10.4. The lowest BCUT2D eigenvalue weighted by atomic mass is 10.3. The minimum absolute atomic E-state index is 0.149. The molecule has 2 N–H and O–H groups in total. The van der Waals surface area contributed by atoms with E-state index in [1.807, 2.05) is 0 Å². The number of nitrogens with one attached hydrogen (secondary N) is 1. The van der Waals surface area contributed by atoms with E-state index in [0.29, 0.717) is 0 Å². The Morgan fingerprint density at radius 3 is 2.82 bits per heavy atom. The number of carboxylic acid groups (broad SMARTS) is 1. The zero-order valence-corrected chi connectivity index (χ0v) is 6.70. The molecule has 4 heteroatoms. The predicted molar refractivity (Wildman–Crippen MR) is 41.2 cm³/mol. The summed E-state index contributed by atoms with van der Waals surface area (Å²) in [5, 5.41) is 11.1. The van der Waals surface area contributed by atoms with Crippen molar-refractivity contribution in [1.29, 1.82) is 0 Å². The molecule has 0 aliphatic heterocycles. The first-order valence-corrected chi connectivity index (χ1v) is 3.35. The monoisotopic (exact) mass is 159 g/mol. The molecule has 0 aliphatic rings. The highest BCUT2D eigenvalue weighted by Gasteiger charge is 2.13. The number of carboxylic acids is 1. The Bertz CT molecular complexity index is 145. The molecule has 0 aliphatic carbocycles. The van der Waals surface area contributed by atoms with Gasteiger partial charge in [-0.1, -0.05) is 6.08 Å². The molecule has 0 unspecified atom stereocenters. The maximum Gasteiger partial charge on any atom is 0.324 e. The first-order valence-electron chi connectivity index (χ1n) is 3.35. The van der Waals surface area contributed by atoms with Crippen LogP contribution in [0.15, 0.2) is 12.3 Å². The number of likely N-dealkylation sites (N-methyl/N-ethyl adjacent to an activating group) is 1. The van der Waals surface area contributed by atoms with Crippen LogP contribution >= 0.6 is 0 Å². The van der Waals surface area contributed by atoms with Crippen LogP contribution in [0.2, 0.25) is 0 Å². The quantitative estimate of drug-likeness (QED) is 0.563. The molecule has 0 aromatic rings. The van der Waals surface area contributed by atoms with Crippen molar-refractivity contribution in [3.05, 3.63) is 12.3 Å². The number of carbonyl (C=O) groups is 1. The molecule has 1 atom stereocenters. The summed E-state index contributed by atoms with van der Waals surface area (Å²) in [6.45, 7) is 1.95. The maximum absolute atomic E-state index is 10.4. The van der Waals surface area contributed by atoms with Crippen LogP contribution in [0.4, 0.5) is 0 Å². The van der Waals surface area contributed by atoms with E-state index in [4.69, 9.17) is 9.84 Å². The van der Waals surface area contributed by atoms with E-state index >= 15 is 0 Å². The second-order valence-corrected chi connectivity index (χ2v) is 1.98. The summed E-state index contributed by atoms with van der Waals surface area (Å²) in [6.07, 6.45) is 3.17. The van der Waals surface area contributed by atoms with Gasteiger partial charge in [0.1, 0.15) is 12.6 Å². The van der Waals surface area contributed by atoms with Gasteiger partial charge in [-0.05, 0) is 14.0 Å². The number of hydrogen-bond acceptors (Lipinski definition) is 3. The molecule has 0 fully saturated rings. The molecule has 64 valence electrons. The second-order valence-electron chi connectivity index (χ2n) is 1.98. The molecule has 0 amide bonds. The first-order chi connectivity index (χ1) is 5.22. The standard InChI is InChI=1S/C7H13NO3/c1-3-4-11-5-6(8-2)7(9)10/h3-4,6,8H,5H2,1-2H3,(H,9,10)/b4-3+/t6-/m1/s1. The van der Waals surface area contributed by atoms with Gasteiger partial charge in [-0.2, -0.15) is 0 Å². The fraction of sp³-hybridized carbons (Fsp3) is 0.571. The molecule has 0 bridgehead atoms. The molecular formula is C7H13NO3. The third-order valence-corrected chi connectivity index (χ3v) is 1.14. The lowest BCUT2D eigenvalue weighted by molar-refractivity contribution is -0.140. The molecule has 0 saturated heterocycles. The predicted octanol–water partition coefficient (Wildman–Crippen LogP) is 0.209. The molecule has 0 spiro atoms. The Hall–Kier alpha value is -1.03. The minimum atomic E-state index is -0.906. The Morgan fingerprint density at radius 2 is 2.45 bits per heavy atom. The zero-order valence-electron chi connectivity index (χ0n) is 6.70. The molecule has 0 radical (unpaired) electrons. The molecule has 0 aromatic heterocycles. The van der Waals surface area contributed by atoms with Crippen LogP contribution < -0.4 is 5.32 Å². The van der Waals surface area contributed by atoms with Crippen LogP contribution in [0.3, 0.4) is 0 Å². The topological polar surface area (TPSA) is 58.6 Å². The van der Waals surface area contributed by atoms with E-state index in [-0.39, 0.29) is 6.61 Å². The summed E-state index contributed by atoms with van der Waals surface area (Å²) in [4.78, 5) is 10.4. The molecule has 0 heterocycles. The van der Waals surface area contributed by atoms with Crippen LogP contribution in [-0.4, -0.2) is 30.8 Å². The van der Waals surface area contributed by atoms with E-state index in [1.165, 1.54) is 6.26 Å². The van der Waals surface area contributed by atoms with Gasteiger partial charge in [0.2, 0.25) is 0 Å². The van der Waals surface area contributed by atoms with Crippen molar-refractivity contribution < 1.29 is 14.6 Å². The number of rotatable bonds is 5. The van der Waals surface area contributed by atoms with Crippen molar-refractivity contribution in [3.63, 3.8) is 0 Å². The van der Waals surface area contributed by atoms with Crippen LogP contribution in [0.1, 0.15) is 6.92 Å². The van der Waals surface area contributed by atoms with E-state index in [1.54, 1.807) is 20.0 Å². The molecule has 0 rings (SSSR count). The van der Waals surface area contributed by atoms with Crippen molar-refractivity contribution in [1.82, 2.24) is 5.32 Å². The molecular weight excluding hydrogens is 146 g/mol. The summed E-state index contributed by atoms with van der Waals surface area (Å²) < 4.78 is 4.87. The van der Waals surface area contributed by atoms with Crippen LogP contribution in [0, 0.1) is 0 Å². The van der Waals surface area contributed by atoms with Crippen molar-refractivity contribution in [3.8, 4) is 0 Å². The van der Waals surface area contributed by atoms with Crippen LogP contribution in [0.5, 0.6) is 0 Å². The van der Waals surface area contributed by atoms with Crippen LogP contribution in [-0.2, 0) is 9.53 Å². The third kappa shape index (κ3) is 4.38. The van der Waals surface area contributed by atoms with Crippen molar-refractivity contribution >= 4 is 5.97 Å².